The van der Waals surface area contributed by atoms with Crippen molar-refractivity contribution in [3.05, 3.63) is 24.3 Å². The van der Waals surface area contributed by atoms with Crippen LogP contribution in [0.15, 0.2) is 24.3 Å². The Morgan fingerprint density at radius 2 is 0.574 bits per heavy atom. The number of carbonyl (C=O) groups excluding carboxylic acids is 2. The predicted octanol–water partition coefficient (Wildman–Crippen LogP) is 27.3. The highest BCUT2D eigenvalue weighted by Gasteiger charge is 2.22. The van der Waals surface area contributed by atoms with Crippen LogP contribution in [0.2, 0.25) is 0 Å². The van der Waals surface area contributed by atoms with Crippen molar-refractivity contribution < 1.29 is 42.1 Å². The lowest BCUT2D eigenvalue weighted by atomic mass is 10.0. The van der Waals surface area contributed by atoms with Gasteiger partial charge in [-0.3, -0.25) is 14.2 Å². The first-order valence-electron chi connectivity index (χ1n) is 42.0. The fourth-order valence-corrected chi connectivity index (χ4v) is 13.8. The fraction of sp³-hybridized carbons (Fsp3) is 0.929. The molecule has 2 unspecified atom stereocenters. The van der Waals surface area contributed by atoms with E-state index in [0.717, 1.165) is 38.5 Å². The summed E-state index contributed by atoms with van der Waals surface area (Å²) in [7, 11) is 1.19. The summed E-state index contributed by atoms with van der Waals surface area (Å²) >= 11 is 0. The number of rotatable bonds is 80. The molecule has 0 radical (unpaired) electrons. The van der Waals surface area contributed by atoms with E-state index in [9.17, 15) is 19.0 Å². The number of hydrogen-bond acceptors (Lipinski definition) is 8. The summed E-state index contributed by atoms with van der Waals surface area (Å²) in [4.78, 5) is 38.2. The molecule has 0 rings (SSSR count). The molecule has 10 heteroatoms. The molecule has 0 aromatic carbocycles. The van der Waals surface area contributed by atoms with Crippen molar-refractivity contribution in [2.75, 3.05) is 47.5 Å². The van der Waals surface area contributed by atoms with Crippen molar-refractivity contribution in [2.24, 2.45) is 0 Å². The zero-order valence-corrected chi connectivity index (χ0v) is 64.9. The Labute approximate surface area is 587 Å². The maximum Gasteiger partial charge on any atom is 0.306 e. The normalized spacial score (nSPS) is 13.0. The number of phosphoric ester groups is 1. The molecule has 0 aliphatic carbocycles. The molecule has 0 N–H and O–H groups in total. The second-order valence-electron chi connectivity index (χ2n) is 30.2. The topological polar surface area (TPSA) is 111 Å². The standard InChI is InChI=1S/C84H164NO8P/c1-6-8-10-12-14-16-18-20-22-24-26-28-30-32-34-36-37-38-39-40-41-42-43-44-45-46-47-49-50-52-54-56-58-60-62-64-66-68-70-72-74-76-83(86)90-80-82(81-92-94(88,89)91-79-78-85(3,4)5)93-84(87)77-75-73-71-69-67-65-63-61-59-57-55-53-51-48-35-33-31-29-27-25-23-21-19-17-15-13-11-9-7-2/h19,21,25,27,82H,6-18,20,22-24,26,28-81H2,1-5H3/b21-19-,27-25-. The number of nitrogens with zero attached hydrogens (tertiary/aromatic N) is 1. The summed E-state index contributed by atoms with van der Waals surface area (Å²) in [6, 6.07) is 0. The maximum atomic E-state index is 12.9. The molecular weight excluding hydrogens is 1180 g/mol. The number of esters is 2. The fourth-order valence-electron chi connectivity index (χ4n) is 13.0. The number of hydrogen-bond donors (Lipinski definition) is 0. The quantitative estimate of drug-likeness (QED) is 0.0195. The van der Waals surface area contributed by atoms with E-state index in [1.807, 2.05) is 21.1 Å². The summed E-state index contributed by atoms with van der Waals surface area (Å²) in [5.41, 5.74) is 0. The third kappa shape index (κ3) is 79.5. The Morgan fingerprint density at radius 3 is 0.840 bits per heavy atom. The van der Waals surface area contributed by atoms with Gasteiger partial charge in [-0.2, -0.15) is 0 Å². The number of carbonyl (C=O) groups is 2. The summed E-state index contributed by atoms with van der Waals surface area (Å²) < 4.78 is 34.4. The van der Waals surface area contributed by atoms with Crippen LogP contribution in [0.1, 0.15) is 450 Å². The molecule has 0 saturated carbocycles. The largest absolute Gasteiger partial charge is 0.756 e. The van der Waals surface area contributed by atoms with Gasteiger partial charge in [0, 0.05) is 12.8 Å². The first kappa shape index (κ1) is 92.5. The highest BCUT2D eigenvalue weighted by molar-refractivity contribution is 7.45. The van der Waals surface area contributed by atoms with E-state index in [0.29, 0.717) is 17.4 Å². The zero-order chi connectivity index (χ0) is 68.3. The summed E-state index contributed by atoms with van der Waals surface area (Å²) in [5.74, 6) is -0.806. The van der Waals surface area contributed by atoms with Crippen LogP contribution in [0.3, 0.4) is 0 Å². The molecule has 0 spiro atoms. The van der Waals surface area contributed by atoms with Gasteiger partial charge in [-0.25, -0.2) is 0 Å². The van der Waals surface area contributed by atoms with E-state index < -0.39 is 26.5 Å². The molecule has 0 aromatic rings. The van der Waals surface area contributed by atoms with E-state index in [1.165, 1.54) is 379 Å². The molecule has 0 aromatic heterocycles. The number of phosphoric acid groups is 1. The Bertz CT molecular complexity index is 1630. The van der Waals surface area contributed by atoms with Crippen LogP contribution in [-0.2, 0) is 32.7 Å². The average Bonchev–Trinajstić information content (AvgIpc) is 1.65. The minimum absolute atomic E-state index is 0.0268. The number of unbranched alkanes of at least 4 members (excludes halogenated alkanes) is 62. The van der Waals surface area contributed by atoms with Crippen LogP contribution in [0.5, 0.6) is 0 Å². The van der Waals surface area contributed by atoms with Gasteiger partial charge in [0.2, 0.25) is 0 Å². The Balaban J connectivity index is 3.84. The van der Waals surface area contributed by atoms with Gasteiger partial charge >= 0.3 is 11.9 Å². The van der Waals surface area contributed by atoms with Gasteiger partial charge in [0.15, 0.2) is 6.10 Å². The molecule has 0 bridgehead atoms. The SMILES string of the molecule is CCCCCCC/C=C\C/C=C\CCCCCCCCCCCCCCCCCCCC(=O)OC(COC(=O)CCCCCCCCCCCCCCCCCCCCCCCCCCCCCCCCCCCCCCCCCCC)COP(=O)([O-])OCC[N+](C)(C)C. The minimum atomic E-state index is -4.64. The first-order chi connectivity index (χ1) is 46.0. The van der Waals surface area contributed by atoms with E-state index in [2.05, 4.69) is 38.2 Å². The van der Waals surface area contributed by atoms with Crippen molar-refractivity contribution >= 4 is 19.8 Å². The Morgan fingerprint density at radius 1 is 0.330 bits per heavy atom. The van der Waals surface area contributed by atoms with Crippen LogP contribution in [0.4, 0.5) is 0 Å². The molecule has 0 aliphatic heterocycles. The summed E-state index contributed by atoms with van der Waals surface area (Å²) in [6.45, 7) is 4.32. The average molecular weight is 1350 g/mol. The number of likely N-dealkylation sites (N-methyl/N-ethyl adjacent to an activating group) is 1. The molecule has 0 heterocycles. The van der Waals surface area contributed by atoms with E-state index >= 15 is 0 Å². The number of allylic oxidation sites excluding steroid dienone is 4. The van der Waals surface area contributed by atoms with E-state index in [4.69, 9.17) is 18.5 Å². The van der Waals surface area contributed by atoms with E-state index in [-0.39, 0.29) is 32.0 Å². The molecule has 0 fully saturated rings. The second kappa shape index (κ2) is 75.7. The Kier molecular flexibility index (Phi) is 74.5. The van der Waals surface area contributed by atoms with E-state index in [1.54, 1.807) is 0 Å². The molecule has 2 atom stereocenters. The van der Waals surface area contributed by atoms with Crippen molar-refractivity contribution in [3.63, 3.8) is 0 Å². The lowest BCUT2D eigenvalue weighted by Crippen LogP contribution is -2.37. The van der Waals surface area contributed by atoms with Gasteiger partial charge in [-0.1, -0.05) is 417 Å². The Hall–Kier alpha value is -1.51. The van der Waals surface area contributed by atoms with Gasteiger partial charge in [-0.15, -0.1) is 0 Å². The van der Waals surface area contributed by atoms with Crippen molar-refractivity contribution in [3.8, 4) is 0 Å². The molecule has 9 nitrogen and oxygen atoms in total. The summed E-state index contributed by atoms with van der Waals surface area (Å²) in [6.07, 6.45) is 97.6. The zero-order valence-electron chi connectivity index (χ0n) is 64.0. The van der Waals surface area contributed by atoms with Crippen LogP contribution in [-0.4, -0.2) is 70.0 Å². The number of quaternary nitrogens is 1. The highest BCUT2D eigenvalue weighted by atomic mass is 31.2. The number of ether oxygens (including phenoxy) is 2. The van der Waals surface area contributed by atoms with Crippen LogP contribution in [0.25, 0.3) is 0 Å². The van der Waals surface area contributed by atoms with Gasteiger partial charge in [0.25, 0.3) is 7.82 Å². The van der Waals surface area contributed by atoms with Crippen LogP contribution in [0, 0.1) is 0 Å². The van der Waals surface area contributed by atoms with Gasteiger partial charge in [-0.05, 0) is 44.9 Å². The highest BCUT2D eigenvalue weighted by Crippen LogP contribution is 2.38. The third-order valence-corrected chi connectivity index (χ3v) is 20.4. The predicted molar refractivity (Wildman–Crippen MR) is 407 cm³/mol. The van der Waals surface area contributed by atoms with Gasteiger partial charge in [0.1, 0.15) is 19.8 Å². The minimum Gasteiger partial charge on any atom is -0.756 e. The van der Waals surface area contributed by atoms with Gasteiger partial charge < -0.3 is 27.9 Å². The second-order valence-corrected chi connectivity index (χ2v) is 31.6. The molecule has 0 saturated heterocycles. The maximum absolute atomic E-state index is 12.9. The van der Waals surface area contributed by atoms with Crippen molar-refractivity contribution in [1.82, 2.24) is 0 Å². The molecule has 0 aliphatic rings. The van der Waals surface area contributed by atoms with Crippen LogP contribution < -0.4 is 4.89 Å². The molecular formula is C84H164NO8P. The van der Waals surface area contributed by atoms with Crippen LogP contribution >= 0.6 is 7.82 Å². The smallest absolute Gasteiger partial charge is 0.306 e. The lowest BCUT2D eigenvalue weighted by molar-refractivity contribution is -0.870. The molecule has 94 heavy (non-hydrogen) atoms. The van der Waals surface area contributed by atoms with Crippen molar-refractivity contribution in [1.29, 1.82) is 0 Å². The molecule has 0 amide bonds. The first-order valence-corrected chi connectivity index (χ1v) is 43.5. The molecule has 558 valence electrons. The third-order valence-electron chi connectivity index (χ3n) is 19.5. The monoisotopic (exact) mass is 1350 g/mol. The van der Waals surface area contributed by atoms with Gasteiger partial charge in [0.05, 0.1) is 27.7 Å². The van der Waals surface area contributed by atoms with Crippen molar-refractivity contribution in [2.45, 2.75) is 457 Å². The lowest BCUT2D eigenvalue weighted by Gasteiger charge is -2.28. The summed E-state index contributed by atoms with van der Waals surface area (Å²) in [5, 5.41) is 0.